The average molecular weight is 340 g/mol. The van der Waals surface area contributed by atoms with E-state index in [-0.39, 0.29) is 0 Å². The molecule has 0 spiro atoms. The van der Waals surface area contributed by atoms with Gasteiger partial charge in [-0.15, -0.1) is 11.3 Å². The fraction of sp³-hybridized carbons (Fsp3) is 0. The SMILES string of the molecule is Brc1cnc(I)c2ccsc12. The lowest BCUT2D eigenvalue weighted by Crippen LogP contribution is -1.78. The van der Waals surface area contributed by atoms with Crippen molar-refractivity contribution in [3.63, 3.8) is 0 Å². The zero-order chi connectivity index (χ0) is 7.84. The highest BCUT2D eigenvalue weighted by atomic mass is 127. The second-order valence-electron chi connectivity index (χ2n) is 2.06. The van der Waals surface area contributed by atoms with Gasteiger partial charge in [0.1, 0.15) is 3.70 Å². The first-order valence-corrected chi connectivity index (χ1v) is 5.71. The van der Waals surface area contributed by atoms with Crippen LogP contribution >= 0.6 is 49.9 Å². The standard InChI is InChI=1S/C7H3BrINS/c8-5-3-10-7(9)4-1-2-11-6(4)5/h1-3H. The quantitative estimate of drug-likeness (QED) is 0.527. The van der Waals surface area contributed by atoms with Crippen molar-refractivity contribution in [3.05, 3.63) is 25.8 Å². The van der Waals surface area contributed by atoms with Gasteiger partial charge in [0.05, 0.1) is 9.17 Å². The zero-order valence-corrected chi connectivity index (χ0v) is 9.90. The summed E-state index contributed by atoms with van der Waals surface area (Å²) in [5, 5.41) is 3.32. The summed E-state index contributed by atoms with van der Waals surface area (Å²) >= 11 is 7.44. The van der Waals surface area contributed by atoms with Gasteiger partial charge in [0.25, 0.3) is 0 Å². The first kappa shape index (κ1) is 7.94. The van der Waals surface area contributed by atoms with E-state index in [1.165, 1.54) is 10.1 Å². The number of nitrogens with zero attached hydrogens (tertiary/aromatic N) is 1. The lowest BCUT2D eigenvalue weighted by atomic mass is 10.3. The molecule has 1 nitrogen and oxygen atoms in total. The summed E-state index contributed by atoms with van der Waals surface area (Å²) < 4.78 is 3.44. The second kappa shape index (κ2) is 2.99. The van der Waals surface area contributed by atoms with Gasteiger partial charge in [0.2, 0.25) is 0 Å². The molecule has 0 N–H and O–H groups in total. The van der Waals surface area contributed by atoms with E-state index in [2.05, 4.69) is 55.0 Å². The molecule has 0 fully saturated rings. The van der Waals surface area contributed by atoms with Crippen molar-refractivity contribution in [2.24, 2.45) is 0 Å². The van der Waals surface area contributed by atoms with Crippen LogP contribution in [0.3, 0.4) is 0 Å². The number of halogens is 2. The highest BCUT2D eigenvalue weighted by molar-refractivity contribution is 14.1. The Kier molecular flexibility index (Phi) is 2.16. The molecule has 0 aliphatic carbocycles. The molecule has 0 radical (unpaired) electrons. The van der Waals surface area contributed by atoms with Crippen LogP contribution in [-0.4, -0.2) is 4.98 Å². The van der Waals surface area contributed by atoms with Crippen molar-refractivity contribution >= 4 is 59.9 Å². The van der Waals surface area contributed by atoms with E-state index >= 15 is 0 Å². The monoisotopic (exact) mass is 339 g/mol. The molecule has 0 aliphatic rings. The Hall–Kier alpha value is 0.320. The van der Waals surface area contributed by atoms with E-state index in [4.69, 9.17) is 0 Å². The Bertz CT molecular complexity index is 362. The first-order valence-electron chi connectivity index (χ1n) is 2.96. The molecule has 0 bridgehead atoms. The van der Waals surface area contributed by atoms with Crippen LogP contribution in [0.15, 0.2) is 22.1 Å². The molecule has 2 rings (SSSR count). The number of pyridine rings is 1. The average Bonchev–Trinajstić information content (AvgIpc) is 2.45. The van der Waals surface area contributed by atoms with E-state index in [0.29, 0.717) is 0 Å². The number of aromatic nitrogens is 1. The molecule has 4 heteroatoms. The predicted molar refractivity (Wildman–Crippen MR) is 60.0 cm³/mol. The molecule has 0 saturated carbocycles. The van der Waals surface area contributed by atoms with Gasteiger partial charge in [0.15, 0.2) is 0 Å². The molecule has 2 heterocycles. The van der Waals surface area contributed by atoms with Crippen molar-refractivity contribution in [1.29, 1.82) is 0 Å². The summed E-state index contributed by atoms with van der Waals surface area (Å²) in [6.45, 7) is 0. The number of hydrogen-bond acceptors (Lipinski definition) is 2. The molecule has 56 valence electrons. The summed E-state index contributed by atoms with van der Waals surface area (Å²) in [7, 11) is 0. The molecule has 0 unspecified atom stereocenters. The minimum absolute atomic E-state index is 1.07. The van der Waals surface area contributed by atoms with E-state index in [9.17, 15) is 0 Å². The lowest BCUT2D eigenvalue weighted by molar-refractivity contribution is 1.30. The molecule has 11 heavy (non-hydrogen) atoms. The van der Waals surface area contributed by atoms with Crippen LogP contribution in [-0.2, 0) is 0 Å². The van der Waals surface area contributed by atoms with Crippen LogP contribution in [0.5, 0.6) is 0 Å². The second-order valence-corrected chi connectivity index (χ2v) is 4.85. The number of fused-ring (bicyclic) bond motifs is 1. The largest absolute Gasteiger partial charge is 0.248 e. The summed E-state index contributed by atoms with van der Waals surface area (Å²) in [4.78, 5) is 4.23. The summed E-state index contributed by atoms with van der Waals surface area (Å²) in [6.07, 6.45) is 1.85. The van der Waals surface area contributed by atoms with Crippen molar-refractivity contribution in [1.82, 2.24) is 4.98 Å². The molecular weight excluding hydrogens is 337 g/mol. The summed E-state index contributed by atoms with van der Waals surface area (Å²) in [6, 6.07) is 2.10. The van der Waals surface area contributed by atoms with Gasteiger partial charge in [-0.2, -0.15) is 0 Å². The number of thiophene rings is 1. The van der Waals surface area contributed by atoms with Crippen molar-refractivity contribution in [3.8, 4) is 0 Å². The molecule has 2 aromatic heterocycles. The van der Waals surface area contributed by atoms with Gasteiger partial charge in [-0.25, -0.2) is 4.98 Å². The van der Waals surface area contributed by atoms with Crippen LogP contribution in [0.25, 0.3) is 10.1 Å². The van der Waals surface area contributed by atoms with Crippen molar-refractivity contribution in [2.75, 3.05) is 0 Å². The highest BCUT2D eigenvalue weighted by Gasteiger charge is 2.03. The van der Waals surface area contributed by atoms with E-state index in [1.54, 1.807) is 11.3 Å². The predicted octanol–water partition coefficient (Wildman–Crippen LogP) is 3.66. The van der Waals surface area contributed by atoms with Gasteiger partial charge in [0, 0.05) is 11.6 Å². The maximum Gasteiger partial charge on any atom is 0.110 e. The fourth-order valence-corrected chi connectivity index (χ4v) is 3.06. The van der Waals surface area contributed by atoms with E-state index < -0.39 is 0 Å². The van der Waals surface area contributed by atoms with Crippen LogP contribution in [0.2, 0.25) is 0 Å². The Labute approximate surface area is 90.1 Å². The topological polar surface area (TPSA) is 12.9 Å². The molecule has 0 atom stereocenters. The molecule has 0 aromatic carbocycles. The summed E-state index contributed by atoms with van der Waals surface area (Å²) in [5.74, 6) is 0. The Morgan fingerprint density at radius 1 is 1.55 bits per heavy atom. The Balaban J connectivity index is 2.96. The number of rotatable bonds is 0. The Morgan fingerprint density at radius 3 is 3.09 bits per heavy atom. The van der Waals surface area contributed by atoms with Gasteiger partial charge in [-0.1, -0.05) is 0 Å². The molecule has 2 aromatic rings. The molecule has 0 aliphatic heterocycles. The molecule has 0 saturated heterocycles. The lowest BCUT2D eigenvalue weighted by Gasteiger charge is -1.94. The molecular formula is C7H3BrINS. The van der Waals surface area contributed by atoms with Gasteiger partial charge < -0.3 is 0 Å². The minimum Gasteiger partial charge on any atom is -0.248 e. The highest BCUT2D eigenvalue weighted by Crippen LogP contribution is 2.30. The summed E-state index contributed by atoms with van der Waals surface area (Å²) in [5.41, 5.74) is 0. The maximum absolute atomic E-state index is 4.23. The smallest absolute Gasteiger partial charge is 0.110 e. The normalized spacial score (nSPS) is 10.7. The van der Waals surface area contributed by atoms with Gasteiger partial charge in [-0.3, -0.25) is 0 Å². The van der Waals surface area contributed by atoms with Gasteiger partial charge >= 0.3 is 0 Å². The van der Waals surface area contributed by atoms with Crippen LogP contribution in [0, 0.1) is 3.70 Å². The zero-order valence-electron chi connectivity index (χ0n) is 5.34. The van der Waals surface area contributed by atoms with Crippen LogP contribution in [0.4, 0.5) is 0 Å². The third-order valence-electron chi connectivity index (χ3n) is 1.40. The van der Waals surface area contributed by atoms with Crippen molar-refractivity contribution in [2.45, 2.75) is 0 Å². The maximum atomic E-state index is 4.23. The number of hydrogen-bond donors (Lipinski definition) is 0. The molecule has 0 amide bonds. The van der Waals surface area contributed by atoms with Crippen LogP contribution in [0.1, 0.15) is 0 Å². The van der Waals surface area contributed by atoms with Gasteiger partial charge in [-0.05, 0) is 50.0 Å². The van der Waals surface area contributed by atoms with E-state index in [1.807, 2.05) is 6.20 Å². The minimum atomic E-state index is 1.07. The first-order chi connectivity index (χ1) is 5.29. The van der Waals surface area contributed by atoms with Crippen LogP contribution < -0.4 is 0 Å². The Morgan fingerprint density at radius 2 is 2.36 bits per heavy atom. The van der Waals surface area contributed by atoms with Crippen molar-refractivity contribution < 1.29 is 0 Å². The third-order valence-corrected chi connectivity index (χ3v) is 4.07. The van der Waals surface area contributed by atoms with E-state index in [0.717, 1.165) is 8.17 Å². The fourth-order valence-electron chi connectivity index (χ4n) is 0.898. The third kappa shape index (κ3) is 1.31.